The molecule has 1 aliphatic rings. The molecule has 1 aromatic rings. The van der Waals surface area contributed by atoms with Gasteiger partial charge in [-0.05, 0) is 60.0 Å². The van der Waals surface area contributed by atoms with E-state index in [2.05, 4.69) is 21.2 Å². The Labute approximate surface area is 171 Å². The number of hydrogen-bond donors (Lipinski definition) is 1. The maximum atomic E-state index is 12.4. The number of carbonyl (C=O) groups is 3. The topological polar surface area (TPSA) is 94.2 Å². The van der Waals surface area contributed by atoms with Crippen molar-refractivity contribution in [2.24, 2.45) is 0 Å². The molecule has 1 saturated heterocycles. The van der Waals surface area contributed by atoms with Gasteiger partial charge in [0.1, 0.15) is 5.70 Å². The second-order valence-electron chi connectivity index (χ2n) is 5.80. The molecule has 8 nitrogen and oxygen atoms in total. The van der Waals surface area contributed by atoms with Crippen LogP contribution in [0.25, 0.3) is 6.08 Å². The van der Waals surface area contributed by atoms with Crippen molar-refractivity contribution in [3.63, 3.8) is 0 Å². The van der Waals surface area contributed by atoms with Gasteiger partial charge in [0.05, 0.1) is 17.7 Å². The van der Waals surface area contributed by atoms with Crippen LogP contribution in [0.1, 0.15) is 32.8 Å². The van der Waals surface area contributed by atoms with E-state index in [1.165, 1.54) is 4.90 Å². The molecule has 1 aromatic carbocycles. The lowest BCUT2D eigenvalue weighted by Gasteiger charge is -2.14. The summed E-state index contributed by atoms with van der Waals surface area (Å²) in [5.74, 6) is -0.108. The van der Waals surface area contributed by atoms with Gasteiger partial charge in [0.15, 0.2) is 18.1 Å². The third kappa shape index (κ3) is 5.25. The molecule has 2 rings (SSSR count). The van der Waals surface area contributed by atoms with Crippen LogP contribution >= 0.6 is 15.9 Å². The van der Waals surface area contributed by atoms with Crippen LogP contribution in [0.5, 0.6) is 11.5 Å². The summed E-state index contributed by atoms with van der Waals surface area (Å²) in [6, 6.07) is 2.94. The summed E-state index contributed by atoms with van der Waals surface area (Å²) in [5, 5.41) is 2.58. The maximum Gasteiger partial charge on any atom is 0.344 e. The highest BCUT2D eigenvalue weighted by molar-refractivity contribution is 9.10. The molecule has 152 valence electrons. The maximum absolute atomic E-state index is 12.4. The van der Waals surface area contributed by atoms with Crippen LogP contribution < -0.4 is 14.8 Å². The number of carbonyl (C=O) groups excluding carboxylic acids is 3. The predicted octanol–water partition coefficient (Wildman–Crippen LogP) is 3.09. The molecule has 3 amide bonds. The summed E-state index contributed by atoms with van der Waals surface area (Å²) in [4.78, 5) is 37.0. The monoisotopic (exact) mass is 454 g/mol. The first-order chi connectivity index (χ1) is 13.4. The lowest BCUT2D eigenvalue weighted by Crippen LogP contribution is -2.31. The van der Waals surface area contributed by atoms with Crippen molar-refractivity contribution in [3.05, 3.63) is 27.9 Å². The predicted molar refractivity (Wildman–Crippen MR) is 106 cm³/mol. The largest absolute Gasteiger partial charge is 0.490 e. The Morgan fingerprint density at radius 2 is 1.93 bits per heavy atom. The molecular formula is C19H23BrN2O6. The molecule has 0 unspecified atom stereocenters. The first-order valence-corrected chi connectivity index (χ1v) is 9.79. The number of nitrogens with one attached hydrogen (secondary N) is 1. The summed E-state index contributed by atoms with van der Waals surface area (Å²) >= 11 is 3.40. The van der Waals surface area contributed by atoms with Crippen LogP contribution in [-0.4, -0.2) is 49.2 Å². The number of amides is 3. The molecule has 0 bridgehead atoms. The molecule has 0 radical (unpaired) electrons. The van der Waals surface area contributed by atoms with E-state index in [1.54, 1.807) is 25.1 Å². The van der Waals surface area contributed by atoms with Crippen LogP contribution in [0.2, 0.25) is 0 Å². The van der Waals surface area contributed by atoms with E-state index in [4.69, 9.17) is 14.2 Å². The van der Waals surface area contributed by atoms with Crippen LogP contribution in [-0.2, 0) is 14.3 Å². The number of nitrogens with zero attached hydrogens (tertiary/aromatic N) is 1. The van der Waals surface area contributed by atoms with Gasteiger partial charge in [-0.3, -0.25) is 9.69 Å². The van der Waals surface area contributed by atoms with E-state index >= 15 is 0 Å². The van der Waals surface area contributed by atoms with Gasteiger partial charge in [0.25, 0.3) is 5.91 Å². The number of urea groups is 1. The third-order valence-electron chi connectivity index (χ3n) is 3.69. The van der Waals surface area contributed by atoms with Crippen LogP contribution in [0.3, 0.4) is 0 Å². The molecule has 9 heteroatoms. The van der Waals surface area contributed by atoms with Crippen molar-refractivity contribution >= 4 is 39.9 Å². The Morgan fingerprint density at radius 1 is 1.18 bits per heavy atom. The van der Waals surface area contributed by atoms with Crippen molar-refractivity contribution in [1.82, 2.24) is 10.2 Å². The minimum absolute atomic E-state index is 0.188. The van der Waals surface area contributed by atoms with E-state index in [0.29, 0.717) is 41.1 Å². The van der Waals surface area contributed by atoms with E-state index in [0.717, 1.165) is 0 Å². The molecular weight excluding hydrogens is 432 g/mol. The Bertz CT molecular complexity index is 793. The fourth-order valence-corrected chi connectivity index (χ4v) is 3.15. The van der Waals surface area contributed by atoms with Crippen molar-refractivity contribution in [1.29, 1.82) is 0 Å². The first-order valence-electron chi connectivity index (χ1n) is 9.00. The highest BCUT2D eigenvalue weighted by atomic mass is 79.9. The van der Waals surface area contributed by atoms with Gasteiger partial charge in [-0.1, -0.05) is 6.92 Å². The average molecular weight is 455 g/mol. The van der Waals surface area contributed by atoms with E-state index in [-0.39, 0.29) is 24.8 Å². The van der Waals surface area contributed by atoms with Gasteiger partial charge in [0, 0.05) is 6.54 Å². The minimum atomic E-state index is -0.488. The van der Waals surface area contributed by atoms with Gasteiger partial charge in [0.2, 0.25) is 0 Å². The number of hydrogen-bond acceptors (Lipinski definition) is 6. The third-order valence-corrected chi connectivity index (χ3v) is 4.28. The van der Waals surface area contributed by atoms with E-state index in [1.807, 2.05) is 13.8 Å². The molecule has 1 N–H and O–H groups in total. The average Bonchev–Trinajstić information content (AvgIpc) is 2.89. The number of halogens is 1. The highest BCUT2D eigenvalue weighted by Gasteiger charge is 2.32. The number of ether oxygens (including phenoxy) is 3. The number of benzene rings is 1. The van der Waals surface area contributed by atoms with E-state index < -0.39 is 12.0 Å². The zero-order valence-electron chi connectivity index (χ0n) is 16.0. The lowest BCUT2D eigenvalue weighted by molar-refractivity contribution is -0.145. The van der Waals surface area contributed by atoms with Gasteiger partial charge in [-0.25, -0.2) is 9.59 Å². The van der Waals surface area contributed by atoms with Crippen molar-refractivity contribution in [2.45, 2.75) is 27.2 Å². The summed E-state index contributed by atoms with van der Waals surface area (Å²) < 4.78 is 16.5. The standard InChI is InChI=1S/C19H23BrN2O6/c1-4-7-22-18(24)14(21-19(22)25)9-12-8-13(20)17(15(10-12)26-5-2)28-11-16(23)27-6-3/h8-10H,4-7,11H2,1-3H3,(H,21,25)/b14-9+. The van der Waals surface area contributed by atoms with Gasteiger partial charge in [-0.15, -0.1) is 0 Å². The van der Waals surface area contributed by atoms with Crippen molar-refractivity contribution in [3.8, 4) is 11.5 Å². The molecule has 28 heavy (non-hydrogen) atoms. The zero-order chi connectivity index (χ0) is 20.7. The quantitative estimate of drug-likeness (QED) is 0.350. The smallest absolute Gasteiger partial charge is 0.344 e. The molecule has 1 heterocycles. The normalized spacial score (nSPS) is 15.0. The first kappa shape index (κ1) is 21.7. The molecule has 1 fully saturated rings. The Kier molecular flexibility index (Phi) is 7.86. The minimum Gasteiger partial charge on any atom is -0.490 e. The van der Waals surface area contributed by atoms with Crippen LogP contribution in [0, 0.1) is 0 Å². The Balaban J connectivity index is 2.28. The molecule has 0 atom stereocenters. The van der Waals surface area contributed by atoms with Crippen molar-refractivity contribution in [2.75, 3.05) is 26.4 Å². The van der Waals surface area contributed by atoms with Gasteiger partial charge >= 0.3 is 12.0 Å². The fraction of sp³-hybridized carbons (Fsp3) is 0.421. The second-order valence-corrected chi connectivity index (χ2v) is 6.66. The number of rotatable bonds is 9. The molecule has 0 aromatic heterocycles. The summed E-state index contributed by atoms with van der Waals surface area (Å²) in [5.41, 5.74) is 0.814. The van der Waals surface area contributed by atoms with Crippen LogP contribution in [0.4, 0.5) is 4.79 Å². The van der Waals surface area contributed by atoms with Gasteiger partial charge < -0.3 is 19.5 Å². The fourth-order valence-electron chi connectivity index (χ4n) is 2.57. The second kappa shape index (κ2) is 10.1. The Hall–Kier alpha value is -2.55. The lowest BCUT2D eigenvalue weighted by atomic mass is 10.1. The molecule has 0 spiro atoms. The number of imide groups is 1. The Morgan fingerprint density at radius 3 is 2.57 bits per heavy atom. The summed E-state index contributed by atoms with van der Waals surface area (Å²) in [6.07, 6.45) is 2.25. The molecule has 0 aliphatic carbocycles. The van der Waals surface area contributed by atoms with Crippen LogP contribution in [0.15, 0.2) is 22.3 Å². The summed E-state index contributed by atoms with van der Waals surface area (Å²) in [7, 11) is 0. The molecule has 1 aliphatic heterocycles. The van der Waals surface area contributed by atoms with E-state index in [9.17, 15) is 14.4 Å². The number of esters is 1. The zero-order valence-corrected chi connectivity index (χ0v) is 17.6. The summed E-state index contributed by atoms with van der Waals surface area (Å²) in [6.45, 7) is 6.17. The van der Waals surface area contributed by atoms with Gasteiger partial charge in [-0.2, -0.15) is 0 Å². The highest BCUT2D eigenvalue weighted by Crippen LogP contribution is 2.37. The van der Waals surface area contributed by atoms with Crippen molar-refractivity contribution < 1.29 is 28.6 Å². The SMILES string of the molecule is CCCN1C(=O)N/C(=C/c2cc(Br)c(OCC(=O)OCC)c(OCC)c2)C1=O. The molecule has 0 saturated carbocycles.